The Morgan fingerprint density at radius 1 is 1.22 bits per heavy atom. The molecule has 3 N–H and O–H groups in total. The van der Waals surface area contributed by atoms with Crippen molar-refractivity contribution in [3.8, 4) is 10.6 Å². The number of halogens is 3. The monoisotopic (exact) mass is 571 g/mol. The number of amides is 2. The van der Waals surface area contributed by atoms with Crippen LogP contribution in [0.2, 0.25) is 10.0 Å². The van der Waals surface area contributed by atoms with Gasteiger partial charge in [0.25, 0.3) is 10.2 Å². The minimum absolute atomic E-state index is 0.121. The lowest BCUT2D eigenvalue weighted by Gasteiger charge is -2.35. The summed E-state index contributed by atoms with van der Waals surface area (Å²) in [4.78, 5) is 30.7. The number of anilines is 1. The van der Waals surface area contributed by atoms with E-state index in [0.717, 1.165) is 25.8 Å². The van der Waals surface area contributed by atoms with Crippen molar-refractivity contribution >= 4 is 62.2 Å². The number of nitrogens with one attached hydrogen (secondary N) is 3. The normalized spacial score (nSPS) is 19.6. The fourth-order valence-corrected chi connectivity index (χ4v) is 5.99. The Labute approximate surface area is 220 Å². The highest BCUT2D eigenvalue weighted by molar-refractivity contribution is 7.87. The third kappa shape index (κ3) is 6.02. The van der Waals surface area contributed by atoms with E-state index in [1.54, 1.807) is 18.3 Å². The number of benzene rings is 2. The van der Waals surface area contributed by atoms with Crippen LogP contribution in [0.15, 0.2) is 48.7 Å². The highest BCUT2D eigenvalue weighted by Crippen LogP contribution is 2.27. The second-order valence-corrected chi connectivity index (χ2v) is 11.6. The number of rotatable bonds is 6. The molecule has 3 aromatic rings. The molecule has 4 rings (SSSR count). The second-order valence-electron chi connectivity index (χ2n) is 7.92. The Kier molecular flexibility index (Phi) is 7.93. The summed E-state index contributed by atoms with van der Waals surface area (Å²) in [6, 6.07) is 8.43. The van der Waals surface area contributed by atoms with E-state index in [2.05, 4.69) is 20.3 Å². The Bertz CT molecular complexity index is 1420. The van der Waals surface area contributed by atoms with Crippen molar-refractivity contribution in [3.05, 3.63) is 69.4 Å². The summed E-state index contributed by atoms with van der Waals surface area (Å²) in [5.41, 5.74) is 1.03. The zero-order valence-corrected chi connectivity index (χ0v) is 21.8. The topological polar surface area (TPSA) is 120 Å². The average Bonchev–Trinajstić information content (AvgIpc) is 3.30. The van der Waals surface area contributed by atoms with Crippen LogP contribution < -0.4 is 15.4 Å². The minimum Gasteiger partial charge on any atom is -0.350 e. The van der Waals surface area contributed by atoms with E-state index in [4.69, 9.17) is 23.2 Å². The molecule has 36 heavy (non-hydrogen) atoms. The Morgan fingerprint density at radius 2 is 2.00 bits per heavy atom. The van der Waals surface area contributed by atoms with E-state index in [-0.39, 0.29) is 23.7 Å². The molecule has 9 nitrogen and oxygen atoms in total. The number of carbonyl (C=O) groups is 2. The van der Waals surface area contributed by atoms with Crippen LogP contribution in [-0.2, 0) is 26.3 Å². The summed E-state index contributed by atoms with van der Waals surface area (Å²) in [7, 11) is -2.89. The third-order valence-electron chi connectivity index (χ3n) is 5.44. The molecule has 1 aromatic heterocycles. The smallest absolute Gasteiger partial charge is 0.280 e. The van der Waals surface area contributed by atoms with Crippen molar-refractivity contribution in [2.75, 3.05) is 12.4 Å². The first kappa shape index (κ1) is 26.5. The largest absolute Gasteiger partial charge is 0.350 e. The Hall–Kier alpha value is -2.61. The first-order valence-corrected chi connectivity index (χ1v) is 13.5. The summed E-state index contributed by atoms with van der Waals surface area (Å²) in [5.74, 6) is -1.93. The molecule has 2 atom stereocenters. The van der Waals surface area contributed by atoms with Crippen LogP contribution in [0, 0.1) is 5.82 Å². The van der Waals surface area contributed by atoms with Crippen molar-refractivity contribution in [2.24, 2.45) is 0 Å². The van der Waals surface area contributed by atoms with Gasteiger partial charge >= 0.3 is 0 Å². The Morgan fingerprint density at radius 3 is 2.72 bits per heavy atom. The van der Waals surface area contributed by atoms with Crippen LogP contribution in [0.25, 0.3) is 10.6 Å². The van der Waals surface area contributed by atoms with Crippen molar-refractivity contribution in [1.82, 2.24) is 19.3 Å². The zero-order chi connectivity index (χ0) is 26.0. The molecule has 2 amide bonds. The average molecular weight is 572 g/mol. The van der Waals surface area contributed by atoms with Crippen molar-refractivity contribution < 1.29 is 22.4 Å². The van der Waals surface area contributed by atoms with Crippen LogP contribution >= 0.6 is 34.5 Å². The van der Waals surface area contributed by atoms with Gasteiger partial charge in [0.1, 0.15) is 22.9 Å². The molecule has 2 unspecified atom stereocenters. The second kappa shape index (κ2) is 10.8. The summed E-state index contributed by atoms with van der Waals surface area (Å²) in [6.07, 6.45) is 1.49. The van der Waals surface area contributed by atoms with E-state index in [0.29, 0.717) is 5.02 Å². The number of likely N-dealkylation sites (N-methyl/N-ethyl adjacent to an activating group) is 1. The van der Waals surface area contributed by atoms with Gasteiger partial charge in [-0.15, -0.1) is 11.3 Å². The maximum atomic E-state index is 13.4. The minimum atomic E-state index is -4.12. The van der Waals surface area contributed by atoms with Crippen LogP contribution in [0.4, 0.5) is 10.1 Å². The third-order valence-corrected chi connectivity index (χ3v) is 8.60. The number of aromatic nitrogens is 1. The van der Waals surface area contributed by atoms with Crippen molar-refractivity contribution in [2.45, 2.75) is 25.0 Å². The number of carbonyl (C=O) groups excluding carboxylic acids is 2. The number of hydrogen-bond acceptors (Lipinski definition) is 6. The maximum absolute atomic E-state index is 13.4. The number of nitrogens with zero attached hydrogens (tertiary/aromatic N) is 2. The molecule has 0 radical (unpaired) electrons. The molecule has 2 aromatic carbocycles. The highest BCUT2D eigenvalue weighted by Gasteiger charge is 2.42. The fourth-order valence-electron chi connectivity index (χ4n) is 3.52. The van der Waals surface area contributed by atoms with Gasteiger partial charge in [-0.25, -0.2) is 9.37 Å². The van der Waals surface area contributed by atoms with E-state index in [9.17, 15) is 22.4 Å². The zero-order valence-electron chi connectivity index (χ0n) is 18.7. The summed E-state index contributed by atoms with van der Waals surface area (Å²) in [5, 5.41) is 6.31. The highest BCUT2D eigenvalue weighted by atomic mass is 35.5. The molecule has 1 aliphatic heterocycles. The summed E-state index contributed by atoms with van der Waals surface area (Å²) >= 11 is 13.1. The molecule has 14 heteroatoms. The molecule has 0 aliphatic carbocycles. The molecule has 0 spiro atoms. The predicted octanol–water partition coefficient (Wildman–Crippen LogP) is 3.42. The van der Waals surface area contributed by atoms with Gasteiger partial charge in [0.05, 0.1) is 11.6 Å². The SMILES string of the molecule is CN1C(C(=O)Nc2ccc(F)c(Cl)c2)CC(C(=O)NCc2cnc(-c3cccc(Cl)c3)s2)NS1(=O)=O. The van der Waals surface area contributed by atoms with Crippen molar-refractivity contribution in [1.29, 1.82) is 0 Å². The van der Waals surface area contributed by atoms with E-state index in [1.165, 1.54) is 30.5 Å². The van der Waals surface area contributed by atoms with E-state index in [1.807, 2.05) is 12.1 Å². The predicted molar refractivity (Wildman–Crippen MR) is 136 cm³/mol. The number of thiazole rings is 1. The van der Waals surface area contributed by atoms with Gasteiger partial charge in [-0.05, 0) is 36.8 Å². The molecule has 1 fully saturated rings. The van der Waals surface area contributed by atoms with Gasteiger partial charge in [0.15, 0.2) is 0 Å². The fraction of sp³-hybridized carbons (Fsp3) is 0.227. The molecular weight excluding hydrogens is 552 g/mol. The van der Waals surface area contributed by atoms with Gasteiger partial charge in [-0.3, -0.25) is 9.59 Å². The number of hydrogen-bond donors (Lipinski definition) is 3. The van der Waals surface area contributed by atoms with Crippen LogP contribution in [0.1, 0.15) is 11.3 Å². The molecule has 2 heterocycles. The van der Waals surface area contributed by atoms with Gasteiger partial charge in [0.2, 0.25) is 11.8 Å². The molecular formula is C22H20Cl2FN5O4S2. The first-order chi connectivity index (χ1) is 17.0. The lowest BCUT2D eigenvalue weighted by molar-refractivity contribution is -0.124. The van der Waals surface area contributed by atoms with Crippen LogP contribution in [-0.4, -0.2) is 48.7 Å². The Balaban J connectivity index is 1.42. The molecule has 1 saturated heterocycles. The maximum Gasteiger partial charge on any atom is 0.280 e. The summed E-state index contributed by atoms with van der Waals surface area (Å²) < 4.78 is 41.7. The van der Waals surface area contributed by atoms with Crippen LogP contribution in [0.3, 0.4) is 0 Å². The van der Waals surface area contributed by atoms with Gasteiger partial charge in [-0.1, -0.05) is 35.3 Å². The summed E-state index contributed by atoms with van der Waals surface area (Å²) in [6.45, 7) is 0.121. The van der Waals surface area contributed by atoms with Crippen LogP contribution in [0.5, 0.6) is 0 Å². The lowest BCUT2D eigenvalue weighted by Crippen LogP contribution is -2.62. The van der Waals surface area contributed by atoms with E-state index < -0.39 is 39.9 Å². The molecule has 190 valence electrons. The molecule has 0 bridgehead atoms. The first-order valence-electron chi connectivity index (χ1n) is 10.5. The van der Waals surface area contributed by atoms with Gasteiger partial charge in [-0.2, -0.15) is 17.4 Å². The van der Waals surface area contributed by atoms with Gasteiger partial charge < -0.3 is 10.6 Å². The van der Waals surface area contributed by atoms with Crippen molar-refractivity contribution in [3.63, 3.8) is 0 Å². The lowest BCUT2D eigenvalue weighted by atomic mass is 10.1. The molecule has 1 aliphatic rings. The quantitative estimate of drug-likeness (QED) is 0.418. The van der Waals surface area contributed by atoms with Gasteiger partial charge in [0, 0.05) is 34.4 Å². The standard InChI is InChI=1S/C22H20Cl2FN5O4S2/c1-30-19(21(32)28-14-5-6-17(25)16(24)8-14)9-18(29-36(30,33)34)20(31)26-10-15-11-27-22(35-15)12-3-2-4-13(23)7-12/h2-8,11,18-19,29H,9-10H2,1H3,(H,26,31)(H,28,32). The van der Waals surface area contributed by atoms with E-state index >= 15 is 0 Å². The molecule has 0 saturated carbocycles.